The largest absolute Gasteiger partial charge is 0.497 e. The van der Waals surface area contributed by atoms with E-state index in [4.69, 9.17) is 18.9 Å². The molecule has 156 valence electrons. The van der Waals surface area contributed by atoms with Gasteiger partial charge in [0.25, 0.3) is 11.5 Å². The van der Waals surface area contributed by atoms with Gasteiger partial charge in [0.15, 0.2) is 5.57 Å². The number of nitrogens with zero attached hydrogens (tertiary/aromatic N) is 1. The summed E-state index contributed by atoms with van der Waals surface area (Å²) in [6, 6.07) is 10.6. The van der Waals surface area contributed by atoms with Crippen LogP contribution in [0.3, 0.4) is 0 Å². The highest BCUT2D eigenvalue weighted by atomic mass is 16.7. The van der Waals surface area contributed by atoms with Gasteiger partial charge in [0.2, 0.25) is 0 Å². The molecule has 0 atom stereocenters. The van der Waals surface area contributed by atoms with E-state index >= 15 is 0 Å². The zero-order valence-electron chi connectivity index (χ0n) is 16.3. The van der Waals surface area contributed by atoms with Crippen molar-refractivity contribution in [3.8, 4) is 17.2 Å². The molecule has 1 aliphatic rings. The maximum atomic E-state index is 12.0. The van der Waals surface area contributed by atoms with Crippen molar-refractivity contribution in [3.63, 3.8) is 0 Å². The fourth-order valence-corrected chi connectivity index (χ4v) is 2.54. The van der Waals surface area contributed by atoms with Gasteiger partial charge in [-0.05, 0) is 24.3 Å². The minimum absolute atomic E-state index is 0.171. The number of hydrogen-bond acceptors (Lipinski definition) is 9. The van der Waals surface area contributed by atoms with Crippen molar-refractivity contribution < 1.29 is 33.5 Å². The summed E-state index contributed by atoms with van der Waals surface area (Å²) in [4.78, 5) is 34.7. The van der Waals surface area contributed by atoms with E-state index in [-0.39, 0.29) is 22.7 Å². The number of non-ortho nitro benzene ring substituents is 1. The molecule has 2 aromatic rings. The van der Waals surface area contributed by atoms with Gasteiger partial charge in [-0.1, -0.05) is 0 Å². The van der Waals surface area contributed by atoms with Crippen molar-refractivity contribution in [1.82, 2.24) is 0 Å². The Balaban J connectivity index is 1.84. The molecule has 2 aromatic carbocycles. The molecule has 0 aliphatic carbocycles. The van der Waals surface area contributed by atoms with Crippen LogP contribution in [-0.2, 0) is 19.1 Å². The SMILES string of the molecule is COc1ccc(Oc2cc(NC=C3C(=O)OC(C)(C)OC3=O)cc([N+](=O)[O-])c2)cc1. The van der Waals surface area contributed by atoms with Crippen molar-refractivity contribution in [1.29, 1.82) is 0 Å². The predicted octanol–water partition coefficient (Wildman–Crippen LogP) is 3.53. The Morgan fingerprint density at radius 1 is 1.00 bits per heavy atom. The molecule has 0 bridgehead atoms. The number of carbonyl (C=O) groups is 2. The van der Waals surface area contributed by atoms with Gasteiger partial charge in [0.05, 0.1) is 18.1 Å². The molecule has 0 saturated carbocycles. The number of cyclic esters (lactones) is 2. The van der Waals surface area contributed by atoms with Crippen molar-refractivity contribution in [2.45, 2.75) is 19.6 Å². The number of nitro groups is 1. The fourth-order valence-electron chi connectivity index (χ4n) is 2.54. The van der Waals surface area contributed by atoms with E-state index in [2.05, 4.69) is 5.32 Å². The second kappa shape index (κ2) is 8.11. The van der Waals surface area contributed by atoms with Crippen LogP contribution in [0.2, 0.25) is 0 Å². The Hall–Kier alpha value is -4.08. The minimum Gasteiger partial charge on any atom is -0.497 e. The Bertz CT molecular complexity index is 1010. The van der Waals surface area contributed by atoms with Gasteiger partial charge in [-0.2, -0.15) is 0 Å². The summed E-state index contributed by atoms with van der Waals surface area (Å²) in [6.45, 7) is 2.85. The van der Waals surface area contributed by atoms with E-state index in [9.17, 15) is 19.7 Å². The number of nitro benzene ring substituents is 1. The summed E-state index contributed by atoms with van der Waals surface area (Å²) in [5.74, 6) is -1.87. The van der Waals surface area contributed by atoms with Crippen LogP contribution in [0.1, 0.15) is 13.8 Å². The van der Waals surface area contributed by atoms with Crippen molar-refractivity contribution in [2.75, 3.05) is 12.4 Å². The first kappa shape index (κ1) is 20.6. The van der Waals surface area contributed by atoms with E-state index in [0.29, 0.717) is 11.5 Å². The highest BCUT2D eigenvalue weighted by Gasteiger charge is 2.38. The first-order chi connectivity index (χ1) is 14.2. The van der Waals surface area contributed by atoms with Gasteiger partial charge >= 0.3 is 11.9 Å². The second-order valence-corrected chi connectivity index (χ2v) is 6.63. The number of benzene rings is 2. The summed E-state index contributed by atoms with van der Waals surface area (Å²) >= 11 is 0. The van der Waals surface area contributed by atoms with Crippen molar-refractivity contribution in [3.05, 3.63) is 64.4 Å². The van der Waals surface area contributed by atoms with Gasteiger partial charge in [-0.25, -0.2) is 9.59 Å². The average molecular weight is 414 g/mol. The lowest BCUT2D eigenvalue weighted by molar-refractivity contribution is -0.384. The summed E-state index contributed by atoms with van der Waals surface area (Å²) < 4.78 is 20.7. The smallest absolute Gasteiger partial charge is 0.350 e. The third kappa shape index (κ3) is 4.85. The Morgan fingerprint density at radius 2 is 1.60 bits per heavy atom. The molecule has 10 heteroatoms. The van der Waals surface area contributed by atoms with Gasteiger partial charge in [-0.15, -0.1) is 0 Å². The molecule has 0 radical (unpaired) electrons. The number of nitrogens with one attached hydrogen (secondary N) is 1. The molecule has 0 aromatic heterocycles. The Kier molecular flexibility index (Phi) is 5.58. The van der Waals surface area contributed by atoms with Crippen LogP contribution in [0.15, 0.2) is 54.2 Å². The first-order valence-electron chi connectivity index (χ1n) is 8.71. The molecule has 10 nitrogen and oxygen atoms in total. The minimum atomic E-state index is -1.36. The summed E-state index contributed by atoms with van der Waals surface area (Å²) in [5, 5.41) is 13.9. The maximum Gasteiger partial charge on any atom is 0.350 e. The predicted molar refractivity (Wildman–Crippen MR) is 104 cm³/mol. The lowest BCUT2D eigenvalue weighted by Gasteiger charge is -2.29. The normalized spacial score (nSPS) is 15.0. The van der Waals surface area contributed by atoms with Gasteiger partial charge in [0.1, 0.15) is 17.2 Å². The van der Waals surface area contributed by atoms with E-state index in [1.165, 1.54) is 39.2 Å². The third-order valence-electron chi connectivity index (χ3n) is 3.90. The Morgan fingerprint density at radius 3 is 2.17 bits per heavy atom. The number of anilines is 1. The van der Waals surface area contributed by atoms with Crippen LogP contribution in [0.5, 0.6) is 17.2 Å². The molecule has 1 saturated heterocycles. The van der Waals surface area contributed by atoms with Crippen LogP contribution in [0.4, 0.5) is 11.4 Å². The zero-order chi connectivity index (χ0) is 21.9. The van der Waals surface area contributed by atoms with Crippen molar-refractivity contribution >= 4 is 23.3 Å². The maximum absolute atomic E-state index is 12.0. The summed E-state index contributed by atoms with van der Waals surface area (Å²) in [5.41, 5.74) is -0.416. The summed E-state index contributed by atoms with van der Waals surface area (Å²) in [6.07, 6.45) is 1.07. The topological polar surface area (TPSA) is 126 Å². The van der Waals surface area contributed by atoms with Crippen LogP contribution < -0.4 is 14.8 Å². The van der Waals surface area contributed by atoms with Crippen LogP contribution >= 0.6 is 0 Å². The molecule has 0 spiro atoms. The number of esters is 2. The van der Waals surface area contributed by atoms with E-state index in [1.807, 2.05) is 0 Å². The van der Waals surface area contributed by atoms with E-state index in [0.717, 1.165) is 6.20 Å². The lowest BCUT2D eigenvalue weighted by Crippen LogP contribution is -2.42. The summed E-state index contributed by atoms with van der Waals surface area (Å²) in [7, 11) is 1.53. The highest BCUT2D eigenvalue weighted by Crippen LogP contribution is 2.31. The van der Waals surface area contributed by atoms with Crippen LogP contribution in [0.25, 0.3) is 0 Å². The monoisotopic (exact) mass is 414 g/mol. The first-order valence-corrected chi connectivity index (χ1v) is 8.71. The van der Waals surface area contributed by atoms with Crippen LogP contribution in [0, 0.1) is 10.1 Å². The number of carbonyl (C=O) groups excluding carboxylic acids is 2. The second-order valence-electron chi connectivity index (χ2n) is 6.63. The van der Waals surface area contributed by atoms with Crippen LogP contribution in [-0.4, -0.2) is 29.8 Å². The Labute approximate surface area is 171 Å². The molecule has 1 aliphatic heterocycles. The molecule has 1 heterocycles. The highest BCUT2D eigenvalue weighted by molar-refractivity contribution is 6.15. The number of ether oxygens (including phenoxy) is 4. The van der Waals surface area contributed by atoms with Gasteiger partial charge in [0, 0.05) is 37.9 Å². The standard InChI is InChI=1S/C20H18N2O8/c1-20(2)29-18(23)17(19(24)30-20)11-21-12-8-13(22(25)26)10-16(9-12)28-15-6-4-14(27-3)5-7-15/h4-11,21H,1-3H3. The quantitative estimate of drug-likeness (QED) is 0.248. The van der Waals surface area contributed by atoms with E-state index in [1.54, 1.807) is 24.3 Å². The average Bonchev–Trinajstić information content (AvgIpc) is 2.67. The number of hydrogen-bond donors (Lipinski definition) is 1. The van der Waals surface area contributed by atoms with Gasteiger partial charge < -0.3 is 24.3 Å². The lowest BCUT2D eigenvalue weighted by atomic mass is 10.2. The molecule has 1 fully saturated rings. The molecule has 0 amide bonds. The number of rotatable bonds is 6. The van der Waals surface area contributed by atoms with Gasteiger partial charge in [-0.3, -0.25) is 10.1 Å². The molecule has 30 heavy (non-hydrogen) atoms. The zero-order valence-corrected chi connectivity index (χ0v) is 16.3. The molecule has 3 rings (SSSR count). The van der Waals surface area contributed by atoms with Crippen molar-refractivity contribution in [2.24, 2.45) is 0 Å². The molecule has 0 unspecified atom stereocenters. The third-order valence-corrected chi connectivity index (χ3v) is 3.90. The molecular weight excluding hydrogens is 396 g/mol. The van der Waals surface area contributed by atoms with E-state index < -0.39 is 22.6 Å². The molecular formula is C20H18N2O8. The fraction of sp³-hybridized carbons (Fsp3) is 0.200. The number of methoxy groups -OCH3 is 1. The molecule has 1 N–H and O–H groups in total.